The van der Waals surface area contributed by atoms with Crippen LogP contribution in [-0.4, -0.2) is 62.5 Å². The molecule has 2 aromatic heterocycles. The summed E-state index contributed by atoms with van der Waals surface area (Å²) in [4.78, 5) is 28.2. The van der Waals surface area contributed by atoms with Gasteiger partial charge in [0.2, 0.25) is 0 Å². The minimum atomic E-state index is -1.35. The van der Waals surface area contributed by atoms with Gasteiger partial charge in [-0.25, -0.2) is 18.5 Å². The molecule has 1 N–H and O–H groups in total. The number of halogens is 1. The van der Waals surface area contributed by atoms with Crippen LogP contribution in [0.1, 0.15) is 62.6 Å². The van der Waals surface area contributed by atoms with Gasteiger partial charge in [0.1, 0.15) is 5.60 Å². The first kappa shape index (κ1) is 21.4. The number of aryl methyl sites for hydroxylation is 1. The van der Waals surface area contributed by atoms with Crippen LogP contribution in [0.2, 0.25) is 0 Å². The van der Waals surface area contributed by atoms with Crippen LogP contribution in [0.3, 0.4) is 0 Å². The number of amides is 1. The number of rotatable bonds is 4. The third kappa shape index (κ3) is 4.31. The van der Waals surface area contributed by atoms with Crippen molar-refractivity contribution in [2.45, 2.75) is 71.1 Å². The highest BCUT2D eigenvalue weighted by molar-refractivity contribution is 5.89. The second kappa shape index (κ2) is 7.69. The second-order valence-corrected chi connectivity index (χ2v) is 9.45. The summed E-state index contributed by atoms with van der Waals surface area (Å²) in [7, 11) is 0. The lowest BCUT2D eigenvalue weighted by Crippen LogP contribution is -2.50. The smallest absolute Gasteiger partial charge is 0.410 e. The van der Waals surface area contributed by atoms with Crippen molar-refractivity contribution in [1.82, 2.24) is 14.5 Å². The number of pyridine rings is 1. The number of piperidine rings is 1. The molecule has 4 rings (SSSR count). The van der Waals surface area contributed by atoms with Gasteiger partial charge in [-0.3, -0.25) is 0 Å². The van der Waals surface area contributed by atoms with Gasteiger partial charge in [0, 0.05) is 31.2 Å². The molecule has 2 aliphatic rings. The molecule has 1 aliphatic carbocycles. The average molecular weight is 432 g/mol. The maximum absolute atomic E-state index is 14.6. The Bertz CT molecular complexity index is 1020. The molecule has 8 nitrogen and oxygen atoms in total. The molecule has 2 aromatic rings. The standard InChI is InChI=1S/C22H29FN4O4/c1-13-11-18-17(12-16(23)19(20(28)29)27(18)24-13)25-9-7-15(8-10-25)26(14-5-6-14)21(30)31-22(2,3)4/h11-12,14-15H,5-10H2,1-4H3,(H,28,29). The fourth-order valence-corrected chi connectivity index (χ4v) is 4.31. The zero-order valence-corrected chi connectivity index (χ0v) is 18.4. The van der Waals surface area contributed by atoms with Crippen LogP contribution in [0.25, 0.3) is 5.52 Å². The Morgan fingerprint density at radius 3 is 2.32 bits per heavy atom. The maximum atomic E-state index is 14.6. The molecule has 1 saturated heterocycles. The first-order chi connectivity index (χ1) is 14.5. The number of carboxylic acids is 1. The van der Waals surface area contributed by atoms with Gasteiger partial charge in [-0.2, -0.15) is 5.10 Å². The second-order valence-electron chi connectivity index (χ2n) is 9.45. The Balaban J connectivity index is 1.55. The van der Waals surface area contributed by atoms with E-state index >= 15 is 0 Å². The molecule has 0 spiro atoms. The summed E-state index contributed by atoms with van der Waals surface area (Å²) < 4.78 is 21.4. The largest absolute Gasteiger partial charge is 0.476 e. The number of hydrogen-bond acceptors (Lipinski definition) is 5. The fourth-order valence-electron chi connectivity index (χ4n) is 4.31. The minimum Gasteiger partial charge on any atom is -0.476 e. The van der Waals surface area contributed by atoms with Gasteiger partial charge in [-0.15, -0.1) is 0 Å². The van der Waals surface area contributed by atoms with E-state index in [2.05, 4.69) is 5.10 Å². The molecular formula is C22H29FN4O4. The van der Waals surface area contributed by atoms with E-state index in [0.29, 0.717) is 30.0 Å². The van der Waals surface area contributed by atoms with Crippen molar-refractivity contribution >= 4 is 23.3 Å². The van der Waals surface area contributed by atoms with E-state index in [0.717, 1.165) is 25.7 Å². The topological polar surface area (TPSA) is 87.4 Å². The number of nitrogens with zero attached hydrogens (tertiary/aromatic N) is 4. The van der Waals surface area contributed by atoms with Crippen LogP contribution in [0, 0.1) is 12.7 Å². The zero-order chi connectivity index (χ0) is 22.5. The third-order valence-electron chi connectivity index (χ3n) is 5.74. The normalized spacial score (nSPS) is 17.8. The Morgan fingerprint density at radius 1 is 1.16 bits per heavy atom. The molecule has 3 heterocycles. The molecule has 0 atom stereocenters. The molecule has 0 bridgehead atoms. The van der Waals surface area contributed by atoms with Crippen LogP contribution in [0.5, 0.6) is 0 Å². The number of hydrogen-bond donors (Lipinski definition) is 1. The summed E-state index contributed by atoms with van der Waals surface area (Å²) in [5, 5.41) is 13.6. The Labute approximate surface area is 180 Å². The molecule has 0 radical (unpaired) electrons. The number of carboxylic acid groups (broad SMARTS) is 1. The lowest BCUT2D eigenvalue weighted by Gasteiger charge is -2.40. The third-order valence-corrected chi connectivity index (χ3v) is 5.74. The summed E-state index contributed by atoms with van der Waals surface area (Å²) in [6.07, 6.45) is 3.20. The zero-order valence-electron chi connectivity index (χ0n) is 18.4. The summed E-state index contributed by atoms with van der Waals surface area (Å²) >= 11 is 0. The van der Waals surface area contributed by atoms with Gasteiger partial charge in [-0.1, -0.05) is 0 Å². The van der Waals surface area contributed by atoms with Crippen LogP contribution in [-0.2, 0) is 4.74 Å². The molecular weight excluding hydrogens is 403 g/mol. The molecule has 0 aromatic carbocycles. The van der Waals surface area contributed by atoms with Gasteiger partial charge in [0.25, 0.3) is 0 Å². The summed E-state index contributed by atoms with van der Waals surface area (Å²) in [6, 6.07) is 3.37. The lowest BCUT2D eigenvalue weighted by molar-refractivity contribution is 0.0113. The highest BCUT2D eigenvalue weighted by Crippen LogP contribution is 2.35. The van der Waals surface area contributed by atoms with Crippen LogP contribution >= 0.6 is 0 Å². The molecule has 1 saturated carbocycles. The number of aromatic carboxylic acids is 1. The highest BCUT2D eigenvalue weighted by Gasteiger charge is 2.41. The molecule has 31 heavy (non-hydrogen) atoms. The van der Waals surface area contributed by atoms with Gasteiger partial charge in [-0.05, 0) is 59.4 Å². The van der Waals surface area contributed by atoms with Crippen molar-refractivity contribution in [3.8, 4) is 0 Å². The van der Waals surface area contributed by atoms with Crippen molar-refractivity contribution in [1.29, 1.82) is 0 Å². The molecule has 0 unspecified atom stereocenters. The summed E-state index contributed by atoms with van der Waals surface area (Å²) in [6.45, 7) is 8.61. The maximum Gasteiger partial charge on any atom is 0.410 e. The number of carbonyl (C=O) groups excluding carboxylic acids is 1. The summed E-state index contributed by atoms with van der Waals surface area (Å²) in [5.41, 5.74) is 0.804. The van der Waals surface area contributed by atoms with Crippen molar-refractivity contribution in [3.63, 3.8) is 0 Å². The first-order valence-corrected chi connectivity index (χ1v) is 10.7. The monoisotopic (exact) mass is 432 g/mol. The molecule has 2 fully saturated rings. The van der Waals surface area contributed by atoms with E-state index in [-0.39, 0.29) is 18.2 Å². The van der Waals surface area contributed by atoms with E-state index in [1.54, 1.807) is 13.0 Å². The predicted molar refractivity (Wildman–Crippen MR) is 113 cm³/mol. The van der Waals surface area contributed by atoms with Crippen molar-refractivity contribution in [2.24, 2.45) is 0 Å². The molecule has 1 amide bonds. The Kier molecular flexibility index (Phi) is 5.31. The summed E-state index contributed by atoms with van der Waals surface area (Å²) in [5.74, 6) is -2.16. The molecule has 9 heteroatoms. The quantitative estimate of drug-likeness (QED) is 0.790. The van der Waals surface area contributed by atoms with Gasteiger partial charge in [0.05, 0.1) is 16.9 Å². The van der Waals surface area contributed by atoms with Crippen molar-refractivity contribution in [2.75, 3.05) is 18.0 Å². The fraction of sp³-hybridized carbons (Fsp3) is 0.591. The number of ether oxygens (including phenoxy) is 1. The van der Waals surface area contributed by atoms with Crippen LogP contribution in [0.4, 0.5) is 14.9 Å². The number of anilines is 1. The van der Waals surface area contributed by atoms with Gasteiger partial charge >= 0.3 is 12.1 Å². The number of aromatic nitrogens is 2. The van der Waals surface area contributed by atoms with E-state index in [9.17, 15) is 19.1 Å². The Hall–Kier alpha value is -2.84. The highest BCUT2D eigenvalue weighted by atomic mass is 19.1. The van der Waals surface area contributed by atoms with Crippen LogP contribution < -0.4 is 4.90 Å². The lowest BCUT2D eigenvalue weighted by atomic mass is 10.0. The van der Waals surface area contributed by atoms with Crippen molar-refractivity contribution in [3.05, 3.63) is 29.3 Å². The SMILES string of the molecule is Cc1cc2c(N3CCC(N(C(=O)OC(C)(C)C)C4CC4)CC3)cc(F)c(C(=O)O)n2n1. The van der Waals surface area contributed by atoms with E-state index in [1.807, 2.05) is 30.6 Å². The van der Waals surface area contributed by atoms with E-state index in [4.69, 9.17) is 4.74 Å². The number of carbonyl (C=O) groups is 2. The predicted octanol–water partition coefficient (Wildman–Crippen LogP) is 3.85. The Morgan fingerprint density at radius 2 is 1.77 bits per heavy atom. The first-order valence-electron chi connectivity index (χ1n) is 10.7. The van der Waals surface area contributed by atoms with Crippen LogP contribution in [0.15, 0.2) is 12.1 Å². The van der Waals surface area contributed by atoms with E-state index in [1.165, 1.54) is 10.6 Å². The average Bonchev–Trinajstić information content (AvgIpc) is 3.40. The molecule has 168 valence electrons. The van der Waals surface area contributed by atoms with Gasteiger partial charge in [0.15, 0.2) is 11.5 Å². The van der Waals surface area contributed by atoms with E-state index < -0.39 is 23.1 Å². The molecule has 1 aliphatic heterocycles. The van der Waals surface area contributed by atoms with Gasteiger partial charge < -0.3 is 19.6 Å². The number of fused-ring (bicyclic) bond motifs is 1. The van der Waals surface area contributed by atoms with Crippen molar-refractivity contribution < 1.29 is 23.8 Å². The minimum absolute atomic E-state index is 0.0735.